The molecule has 1 aliphatic heterocycles. The summed E-state index contributed by atoms with van der Waals surface area (Å²) in [7, 11) is 2.84. The molecular formula is C26H27N5O6. The van der Waals surface area contributed by atoms with Crippen molar-refractivity contribution in [3.05, 3.63) is 72.1 Å². The molecule has 0 spiro atoms. The Hall–Kier alpha value is -4.67. The van der Waals surface area contributed by atoms with Crippen LogP contribution in [0.2, 0.25) is 0 Å². The van der Waals surface area contributed by atoms with Crippen molar-refractivity contribution in [2.75, 3.05) is 27.4 Å². The lowest BCUT2D eigenvalue weighted by Gasteiger charge is -2.33. The van der Waals surface area contributed by atoms with Crippen molar-refractivity contribution >= 4 is 17.5 Å². The van der Waals surface area contributed by atoms with E-state index < -0.39 is 17.4 Å². The number of aromatic nitrogens is 2. The lowest BCUT2D eigenvalue weighted by Crippen LogP contribution is -2.54. The third-order valence-corrected chi connectivity index (χ3v) is 5.78. The molecule has 2 N–H and O–H groups in total. The number of methoxy groups -OCH3 is 2. The molecule has 4 rings (SSSR count). The van der Waals surface area contributed by atoms with Crippen LogP contribution in [-0.2, 0) is 15.2 Å². The molecule has 37 heavy (non-hydrogen) atoms. The van der Waals surface area contributed by atoms with Crippen molar-refractivity contribution in [2.45, 2.75) is 18.9 Å². The van der Waals surface area contributed by atoms with Crippen LogP contribution in [0.15, 0.2) is 65.8 Å². The minimum absolute atomic E-state index is 0.0209. The minimum atomic E-state index is -1.76. The van der Waals surface area contributed by atoms with Gasteiger partial charge in [-0.25, -0.2) is 0 Å². The number of oxime groups is 1. The largest absolute Gasteiger partial charge is 0.481 e. The summed E-state index contributed by atoms with van der Waals surface area (Å²) < 4.78 is 16.3. The Morgan fingerprint density at radius 2 is 1.62 bits per heavy atom. The summed E-state index contributed by atoms with van der Waals surface area (Å²) in [6, 6.07) is 17.3. The van der Waals surface area contributed by atoms with Crippen molar-refractivity contribution in [2.24, 2.45) is 10.9 Å². The average molecular weight is 506 g/mol. The number of carbonyl (C=O) groups is 2. The standard InChI is InChI=1S/C26H27N5O6/c1-4-36-30-18-15-26(24(27)33,25-28-21(34-2)14-22(29-25)35-3)31(16-18)23(32)17-10-12-20(13-11-17)37-19-8-6-5-7-9-19/h5-14H,4,15-16H2,1-3H3,(H2,27,33). The van der Waals surface area contributed by atoms with Crippen LogP contribution in [0.3, 0.4) is 0 Å². The summed E-state index contributed by atoms with van der Waals surface area (Å²) in [4.78, 5) is 42.1. The number of para-hydroxylation sites is 1. The number of ether oxygens (including phenoxy) is 3. The molecule has 1 fully saturated rings. The Morgan fingerprint density at radius 3 is 2.19 bits per heavy atom. The number of likely N-dealkylation sites (tertiary alicyclic amines) is 1. The van der Waals surface area contributed by atoms with Gasteiger partial charge in [-0.3, -0.25) is 9.59 Å². The zero-order valence-electron chi connectivity index (χ0n) is 20.7. The van der Waals surface area contributed by atoms with Gasteiger partial charge in [-0.1, -0.05) is 23.4 Å². The Bertz CT molecular complexity index is 1280. The molecule has 0 bridgehead atoms. The molecule has 3 aromatic rings. The van der Waals surface area contributed by atoms with E-state index >= 15 is 0 Å². The van der Waals surface area contributed by atoms with Crippen LogP contribution in [0.25, 0.3) is 0 Å². The monoisotopic (exact) mass is 505 g/mol. The molecule has 1 unspecified atom stereocenters. The Labute approximate surface area is 213 Å². The predicted octanol–water partition coefficient (Wildman–Crippen LogP) is 2.91. The van der Waals surface area contributed by atoms with Crippen molar-refractivity contribution in [1.29, 1.82) is 0 Å². The average Bonchev–Trinajstić information content (AvgIpc) is 3.33. The third-order valence-electron chi connectivity index (χ3n) is 5.78. The highest BCUT2D eigenvalue weighted by Gasteiger charge is 2.55. The maximum Gasteiger partial charge on any atom is 0.255 e. The Balaban J connectivity index is 1.74. The minimum Gasteiger partial charge on any atom is -0.481 e. The molecule has 0 aliphatic carbocycles. The number of hydrogen-bond donors (Lipinski definition) is 1. The normalized spacial score (nSPS) is 17.9. The lowest BCUT2D eigenvalue weighted by atomic mass is 9.92. The highest BCUT2D eigenvalue weighted by atomic mass is 16.6. The zero-order chi connectivity index (χ0) is 26.4. The van der Waals surface area contributed by atoms with E-state index in [2.05, 4.69) is 15.1 Å². The molecular weight excluding hydrogens is 478 g/mol. The Morgan fingerprint density at radius 1 is 1.00 bits per heavy atom. The SMILES string of the molecule is CCON=C1CN(C(=O)c2ccc(Oc3ccccc3)cc2)C(C(N)=O)(c2nc(OC)cc(OC)n2)C1. The maximum atomic E-state index is 13.8. The van der Waals surface area contributed by atoms with Gasteiger partial charge in [0.15, 0.2) is 11.4 Å². The van der Waals surface area contributed by atoms with Gasteiger partial charge in [-0.15, -0.1) is 0 Å². The summed E-state index contributed by atoms with van der Waals surface area (Å²) in [5.74, 6) is 0.147. The summed E-state index contributed by atoms with van der Waals surface area (Å²) in [6.45, 7) is 2.07. The molecule has 1 aliphatic rings. The summed E-state index contributed by atoms with van der Waals surface area (Å²) in [6.07, 6.45) is -0.0560. The quantitative estimate of drug-likeness (QED) is 0.438. The van der Waals surface area contributed by atoms with E-state index in [1.54, 1.807) is 31.2 Å². The topological polar surface area (TPSA) is 138 Å². The first-order chi connectivity index (χ1) is 17.9. The molecule has 0 radical (unpaired) electrons. The second-order valence-corrected chi connectivity index (χ2v) is 8.08. The molecule has 1 saturated heterocycles. The number of benzene rings is 2. The third kappa shape index (κ3) is 5.15. The first-order valence-electron chi connectivity index (χ1n) is 11.5. The fourth-order valence-electron chi connectivity index (χ4n) is 4.00. The molecule has 2 amide bonds. The van der Waals surface area contributed by atoms with E-state index in [9.17, 15) is 9.59 Å². The van der Waals surface area contributed by atoms with Crippen LogP contribution in [-0.4, -0.2) is 59.8 Å². The molecule has 11 heteroatoms. The van der Waals surface area contributed by atoms with E-state index in [1.165, 1.54) is 25.2 Å². The molecule has 11 nitrogen and oxygen atoms in total. The number of nitrogens with two attached hydrogens (primary N) is 1. The number of primary amides is 1. The number of hydrogen-bond acceptors (Lipinski definition) is 9. The van der Waals surface area contributed by atoms with Gasteiger partial charge in [0.2, 0.25) is 11.8 Å². The number of amides is 2. The predicted molar refractivity (Wildman–Crippen MR) is 134 cm³/mol. The number of rotatable bonds is 9. The second kappa shape index (κ2) is 10.9. The van der Waals surface area contributed by atoms with Gasteiger partial charge in [-0.2, -0.15) is 9.97 Å². The highest BCUT2D eigenvalue weighted by Crippen LogP contribution is 2.39. The van der Waals surface area contributed by atoms with E-state index in [-0.39, 0.29) is 30.5 Å². The number of carbonyl (C=O) groups excluding carboxylic acids is 2. The zero-order valence-corrected chi connectivity index (χ0v) is 20.7. The first kappa shape index (κ1) is 25.4. The summed E-state index contributed by atoms with van der Waals surface area (Å²) in [5, 5.41) is 4.09. The van der Waals surface area contributed by atoms with Crippen molar-refractivity contribution < 1.29 is 28.6 Å². The number of nitrogens with zero attached hydrogens (tertiary/aromatic N) is 4. The fourth-order valence-corrected chi connectivity index (χ4v) is 4.00. The van der Waals surface area contributed by atoms with Crippen LogP contribution in [0, 0.1) is 0 Å². The van der Waals surface area contributed by atoms with Gasteiger partial charge in [0.1, 0.15) is 18.1 Å². The molecule has 2 heterocycles. The smallest absolute Gasteiger partial charge is 0.255 e. The maximum absolute atomic E-state index is 13.8. The van der Waals surface area contributed by atoms with E-state index in [4.69, 9.17) is 24.8 Å². The molecule has 0 saturated carbocycles. The summed E-state index contributed by atoms with van der Waals surface area (Å²) in [5.41, 5.74) is 4.93. The van der Waals surface area contributed by atoms with Crippen LogP contribution < -0.4 is 19.9 Å². The summed E-state index contributed by atoms with van der Waals surface area (Å²) >= 11 is 0. The van der Waals surface area contributed by atoms with E-state index in [0.29, 0.717) is 29.4 Å². The Kier molecular flexibility index (Phi) is 7.52. The van der Waals surface area contributed by atoms with Crippen LogP contribution >= 0.6 is 0 Å². The highest BCUT2D eigenvalue weighted by molar-refractivity contribution is 6.07. The molecule has 2 aromatic carbocycles. The van der Waals surface area contributed by atoms with Crippen LogP contribution in [0.1, 0.15) is 29.5 Å². The molecule has 192 valence electrons. The second-order valence-electron chi connectivity index (χ2n) is 8.08. The van der Waals surface area contributed by atoms with E-state index in [0.717, 1.165) is 0 Å². The van der Waals surface area contributed by atoms with Crippen molar-refractivity contribution in [3.8, 4) is 23.3 Å². The fraction of sp³-hybridized carbons (Fsp3) is 0.269. The van der Waals surface area contributed by atoms with Crippen LogP contribution in [0.5, 0.6) is 23.3 Å². The first-order valence-corrected chi connectivity index (χ1v) is 11.5. The van der Waals surface area contributed by atoms with Gasteiger partial charge in [0.25, 0.3) is 11.8 Å². The van der Waals surface area contributed by atoms with E-state index in [1.807, 2.05) is 30.3 Å². The van der Waals surface area contributed by atoms with Gasteiger partial charge < -0.3 is 29.7 Å². The van der Waals surface area contributed by atoms with Crippen LogP contribution in [0.4, 0.5) is 0 Å². The van der Waals surface area contributed by atoms with Gasteiger partial charge in [-0.05, 0) is 43.3 Å². The van der Waals surface area contributed by atoms with Gasteiger partial charge in [0, 0.05) is 12.0 Å². The van der Waals surface area contributed by atoms with Crippen molar-refractivity contribution in [3.63, 3.8) is 0 Å². The lowest BCUT2D eigenvalue weighted by molar-refractivity contribution is -0.128. The van der Waals surface area contributed by atoms with Gasteiger partial charge >= 0.3 is 0 Å². The van der Waals surface area contributed by atoms with Crippen molar-refractivity contribution in [1.82, 2.24) is 14.9 Å². The molecule has 1 aromatic heterocycles. The van der Waals surface area contributed by atoms with Gasteiger partial charge in [0.05, 0.1) is 32.5 Å². The molecule has 1 atom stereocenters.